The molecule has 25 heavy (non-hydrogen) atoms. The van der Waals surface area contributed by atoms with Crippen LogP contribution in [0.25, 0.3) is 0 Å². The van der Waals surface area contributed by atoms with Crippen molar-refractivity contribution in [1.29, 1.82) is 5.26 Å². The zero-order valence-corrected chi connectivity index (χ0v) is 14.1. The maximum atomic E-state index is 13.9. The summed E-state index contributed by atoms with van der Waals surface area (Å²) in [6.45, 7) is -0.121. The van der Waals surface area contributed by atoms with Crippen LogP contribution in [-0.2, 0) is 16.1 Å². The number of rotatable bonds is 4. The van der Waals surface area contributed by atoms with Gasteiger partial charge in [-0.2, -0.15) is 5.26 Å². The van der Waals surface area contributed by atoms with E-state index in [-0.39, 0.29) is 29.1 Å². The van der Waals surface area contributed by atoms with Gasteiger partial charge < -0.3 is 9.84 Å². The summed E-state index contributed by atoms with van der Waals surface area (Å²) in [6, 6.07) is 6.02. The Morgan fingerprint density at radius 3 is 2.64 bits per heavy atom. The first-order valence-electron chi connectivity index (χ1n) is 8.95. The number of nitrogens with zero attached hydrogens (tertiary/aromatic N) is 1. The first kappa shape index (κ1) is 16.5. The molecule has 1 N–H and O–H groups in total. The van der Waals surface area contributed by atoms with Gasteiger partial charge in [-0.1, -0.05) is 6.07 Å². The Hall–Kier alpha value is -1.93. The Kier molecular flexibility index (Phi) is 3.84. The van der Waals surface area contributed by atoms with Crippen LogP contribution in [-0.4, -0.2) is 16.7 Å². The fourth-order valence-corrected chi connectivity index (χ4v) is 5.86. The lowest BCUT2D eigenvalue weighted by atomic mass is 9.47. The molecule has 0 aromatic heterocycles. The third-order valence-electron chi connectivity index (χ3n) is 6.24. The van der Waals surface area contributed by atoms with Crippen molar-refractivity contribution in [2.75, 3.05) is 0 Å². The smallest absolute Gasteiger partial charge is 0.306 e. The molecule has 0 aliphatic heterocycles. The first-order valence-corrected chi connectivity index (χ1v) is 8.95. The van der Waals surface area contributed by atoms with Crippen molar-refractivity contribution in [3.05, 3.63) is 35.1 Å². The third kappa shape index (κ3) is 3.16. The molecule has 4 saturated carbocycles. The lowest BCUT2D eigenvalue weighted by molar-refractivity contribution is -0.177. The summed E-state index contributed by atoms with van der Waals surface area (Å²) in [6.07, 6.45) is 5.90. The van der Waals surface area contributed by atoms with Crippen molar-refractivity contribution in [2.24, 2.45) is 17.3 Å². The number of carbonyl (C=O) groups is 1. The highest BCUT2D eigenvalue weighted by atomic mass is 19.1. The molecule has 5 rings (SSSR count). The Balaban J connectivity index is 1.39. The summed E-state index contributed by atoms with van der Waals surface area (Å²) < 4.78 is 19.2. The Labute approximate surface area is 146 Å². The summed E-state index contributed by atoms with van der Waals surface area (Å²) in [5.74, 6) is 0.190. The van der Waals surface area contributed by atoms with Crippen LogP contribution in [0.5, 0.6) is 0 Å². The predicted molar refractivity (Wildman–Crippen MR) is 87.6 cm³/mol. The molecule has 2 atom stereocenters. The van der Waals surface area contributed by atoms with Gasteiger partial charge in [0, 0.05) is 5.56 Å². The normalized spacial score (nSPS) is 35.4. The second kappa shape index (κ2) is 5.81. The van der Waals surface area contributed by atoms with Crippen LogP contribution in [0.2, 0.25) is 0 Å². The molecule has 1 aromatic rings. The molecule has 4 nitrogen and oxygen atoms in total. The van der Waals surface area contributed by atoms with Crippen molar-refractivity contribution in [3.8, 4) is 6.07 Å². The molecule has 1 aromatic carbocycles. The zero-order chi connectivity index (χ0) is 17.7. The zero-order valence-electron chi connectivity index (χ0n) is 14.1. The van der Waals surface area contributed by atoms with Crippen LogP contribution < -0.4 is 0 Å². The Morgan fingerprint density at radius 2 is 2.04 bits per heavy atom. The number of benzene rings is 1. The van der Waals surface area contributed by atoms with Gasteiger partial charge in [-0.15, -0.1) is 0 Å². The maximum Gasteiger partial charge on any atom is 0.306 e. The second-order valence-corrected chi connectivity index (χ2v) is 8.44. The topological polar surface area (TPSA) is 70.3 Å². The van der Waals surface area contributed by atoms with Crippen LogP contribution >= 0.6 is 0 Å². The lowest BCUT2D eigenvalue weighted by Gasteiger charge is -2.60. The van der Waals surface area contributed by atoms with E-state index in [9.17, 15) is 14.3 Å². The SMILES string of the molecule is N#Cc1ccc(COC(=O)CC23CC4CC(CC(O)(C4)C2)C3)c(F)c1. The van der Waals surface area contributed by atoms with Gasteiger partial charge in [0.05, 0.1) is 23.7 Å². The van der Waals surface area contributed by atoms with Crippen molar-refractivity contribution < 1.29 is 19.0 Å². The number of esters is 1. The highest BCUT2D eigenvalue weighted by molar-refractivity contribution is 5.70. The molecule has 0 saturated heterocycles. The molecule has 4 aliphatic carbocycles. The minimum atomic E-state index is -0.594. The van der Waals surface area contributed by atoms with Gasteiger partial charge >= 0.3 is 5.97 Å². The second-order valence-electron chi connectivity index (χ2n) is 8.44. The average Bonchev–Trinajstić information content (AvgIpc) is 2.50. The molecule has 0 amide bonds. The molecule has 2 unspecified atom stereocenters. The molecule has 4 aliphatic rings. The number of hydrogen-bond acceptors (Lipinski definition) is 4. The molecule has 4 bridgehead atoms. The van der Waals surface area contributed by atoms with E-state index in [2.05, 4.69) is 0 Å². The van der Waals surface area contributed by atoms with Crippen LogP contribution in [0.1, 0.15) is 56.1 Å². The molecule has 0 heterocycles. The first-order chi connectivity index (χ1) is 11.9. The number of halogens is 1. The van der Waals surface area contributed by atoms with Gasteiger partial charge in [-0.25, -0.2) is 4.39 Å². The minimum absolute atomic E-state index is 0.121. The van der Waals surface area contributed by atoms with Gasteiger partial charge in [0.15, 0.2) is 0 Å². The number of ether oxygens (including phenoxy) is 1. The number of hydrogen-bond donors (Lipinski definition) is 1. The third-order valence-corrected chi connectivity index (χ3v) is 6.24. The molecule has 132 valence electrons. The summed E-state index contributed by atoms with van der Waals surface area (Å²) in [5.41, 5.74) is -0.214. The fraction of sp³-hybridized carbons (Fsp3) is 0.600. The van der Waals surface area contributed by atoms with E-state index in [0.29, 0.717) is 24.7 Å². The number of nitriles is 1. The lowest BCUT2D eigenvalue weighted by Crippen LogP contribution is -2.56. The van der Waals surface area contributed by atoms with Gasteiger partial charge in [-0.05, 0) is 67.9 Å². The van der Waals surface area contributed by atoms with Crippen molar-refractivity contribution in [3.63, 3.8) is 0 Å². The Bertz CT molecular complexity index is 740. The summed E-state index contributed by atoms with van der Waals surface area (Å²) in [5, 5.41) is 19.5. The highest BCUT2D eigenvalue weighted by Crippen LogP contribution is 2.62. The van der Waals surface area contributed by atoms with Gasteiger partial charge in [0.1, 0.15) is 12.4 Å². The summed E-state index contributed by atoms with van der Waals surface area (Å²) in [7, 11) is 0. The standard InChI is InChI=1S/C20H22FNO3/c21-17-4-13(10-22)1-2-16(17)11-25-18(23)9-19-5-14-3-15(6-19)8-20(24,7-14)12-19/h1-2,4,14-15,24H,3,5-9,11-12H2. The van der Waals surface area contributed by atoms with Crippen molar-refractivity contribution in [2.45, 2.75) is 57.2 Å². The quantitative estimate of drug-likeness (QED) is 0.850. The van der Waals surface area contributed by atoms with E-state index in [1.54, 1.807) is 0 Å². The summed E-state index contributed by atoms with van der Waals surface area (Å²) in [4.78, 5) is 12.4. The molecule has 4 fully saturated rings. The van der Waals surface area contributed by atoms with Crippen LogP contribution in [0.15, 0.2) is 18.2 Å². The molecule has 5 heteroatoms. The van der Waals surface area contributed by atoms with Gasteiger partial charge in [0.25, 0.3) is 0 Å². The van der Waals surface area contributed by atoms with E-state index < -0.39 is 11.4 Å². The molecular weight excluding hydrogens is 321 g/mol. The molecule has 0 radical (unpaired) electrons. The van der Waals surface area contributed by atoms with Crippen LogP contribution in [0.4, 0.5) is 4.39 Å². The van der Waals surface area contributed by atoms with E-state index in [1.807, 2.05) is 6.07 Å². The van der Waals surface area contributed by atoms with Gasteiger partial charge in [0.2, 0.25) is 0 Å². The van der Waals surface area contributed by atoms with E-state index in [4.69, 9.17) is 10.00 Å². The van der Waals surface area contributed by atoms with Crippen molar-refractivity contribution in [1.82, 2.24) is 0 Å². The largest absolute Gasteiger partial charge is 0.461 e. The average molecular weight is 343 g/mol. The highest BCUT2D eigenvalue weighted by Gasteiger charge is 2.57. The number of aliphatic hydroxyl groups is 1. The van der Waals surface area contributed by atoms with Crippen LogP contribution in [0.3, 0.4) is 0 Å². The molecule has 0 spiro atoms. The van der Waals surface area contributed by atoms with Crippen molar-refractivity contribution >= 4 is 5.97 Å². The van der Waals surface area contributed by atoms with Gasteiger partial charge in [-0.3, -0.25) is 4.79 Å². The van der Waals surface area contributed by atoms with E-state index in [1.165, 1.54) is 18.6 Å². The van der Waals surface area contributed by atoms with E-state index >= 15 is 0 Å². The summed E-state index contributed by atoms with van der Waals surface area (Å²) >= 11 is 0. The number of carbonyl (C=O) groups excluding carboxylic acids is 1. The van der Waals surface area contributed by atoms with E-state index in [0.717, 1.165) is 31.7 Å². The minimum Gasteiger partial charge on any atom is -0.461 e. The Morgan fingerprint density at radius 1 is 1.32 bits per heavy atom. The maximum absolute atomic E-state index is 13.9. The fourth-order valence-electron chi connectivity index (χ4n) is 5.86. The van der Waals surface area contributed by atoms with Crippen LogP contribution in [0, 0.1) is 34.4 Å². The monoisotopic (exact) mass is 343 g/mol. The molecular formula is C20H22FNO3. The predicted octanol–water partition coefficient (Wildman–Crippen LogP) is 3.46.